The predicted octanol–water partition coefficient (Wildman–Crippen LogP) is 1.50. The minimum absolute atomic E-state index is 0.182. The van der Waals surface area contributed by atoms with Crippen LogP contribution in [0, 0.1) is 0 Å². The molecule has 5 heteroatoms. The van der Waals surface area contributed by atoms with Crippen molar-refractivity contribution in [1.29, 1.82) is 0 Å². The first kappa shape index (κ1) is 13.1. The normalized spacial score (nSPS) is 14.1. The molecule has 0 aromatic heterocycles. The van der Waals surface area contributed by atoms with Gasteiger partial charge in [-0.05, 0) is 31.2 Å². The minimum Gasteiger partial charge on any atom is -0.389 e. The second kappa shape index (κ2) is 5.96. The van der Waals surface area contributed by atoms with Crippen LogP contribution in [0.2, 0.25) is 0 Å². The van der Waals surface area contributed by atoms with Crippen molar-refractivity contribution < 1.29 is 4.21 Å². The summed E-state index contributed by atoms with van der Waals surface area (Å²) in [6, 6.07) is 7.77. The van der Waals surface area contributed by atoms with Crippen LogP contribution in [-0.4, -0.2) is 27.2 Å². The molecule has 0 saturated carbocycles. The summed E-state index contributed by atoms with van der Waals surface area (Å²) in [6.07, 6.45) is 1.70. The van der Waals surface area contributed by atoms with Gasteiger partial charge in [-0.15, -0.1) is 0 Å². The molecule has 1 aromatic carbocycles. The van der Waals surface area contributed by atoms with Crippen molar-refractivity contribution in [1.82, 2.24) is 0 Å². The Morgan fingerprint density at radius 1 is 1.50 bits per heavy atom. The largest absolute Gasteiger partial charge is 0.389 e. The van der Waals surface area contributed by atoms with E-state index in [0.29, 0.717) is 10.7 Å². The van der Waals surface area contributed by atoms with Crippen LogP contribution in [0.3, 0.4) is 0 Å². The fraction of sp³-hybridized carbons (Fsp3) is 0.364. The number of hydrogen-bond donors (Lipinski definition) is 2. The number of nitrogens with two attached hydrogens (primary N) is 1. The third-order valence-corrected chi connectivity index (χ3v) is 3.27. The number of anilines is 1. The van der Waals surface area contributed by atoms with Crippen LogP contribution >= 0.6 is 12.2 Å². The van der Waals surface area contributed by atoms with E-state index in [1.165, 1.54) is 0 Å². The third kappa shape index (κ3) is 4.28. The van der Waals surface area contributed by atoms with Crippen molar-refractivity contribution >= 4 is 33.7 Å². The van der Waals surface area contributed by atoms with Crippen molar-refractivity contribution in [3.8, 4) is 0 Å². The van der Waals surface area contributed by atoms with E-state index in [9.17, 15) is 4.21 Å². The van der Waals surface area contributed by atoms with Crippen LogP contribution < -0.4 is 11.1 Å². The Labute approximate surface area is 104 Å². The fourth-order valence-corrected chi connectivity index (χ4v) is 2.33. The van der Waals surface area contributed by atoms with E-state index < -0.39 is 10.8 Å². The number of benzene rings is 1. The second-order valence-corrected chi connectivity index (χ2v) is 5.65. The number of nitrogens with one attached hydrogen (secondary N) is 1. The molecule has 0 aliphatic rings. The van der Waals surface area contributed by atoms with Crippen LogP contribution in [0.5, 0.6) is 0 Å². The molecule has 0 aliphatic heterocycles. The van der Waals surface area contributed by atoms with E-state index in [4.69, 9.17) is 18.0 Å². The van der Waals surface area contributed by atoms with E-state index in [0.717, 1.165) is 11.3 Å². The summed E-state index contributed by atoms with van der Waals surface area (Å²) in [4.78, 5) is 0.397. The Balaban J connectivity index is 2.61. The Kier molecular flexibility index (Phi) is 4.89. The maximum Gasteiger partial charge on any atom is 0.103 e. The van der Waals surface area contributed by atoms with E-state index in [-0.39, 0.29) is 6.04 Å². The summed E-state index contributed by atoms with van der Waals surface area (Å²) >= 11 is 4.87. The molecule has 3 nitrogen and oxygen atoms in total. The lowest BCUT2D eigenvalue weighted by Gasteiger charge is -2.14. The van der Waals surface area contributed by atoms with Crippen LogP contribution in [0.25, 0.3) is 0 Å². The van der Waals surface area contributed by atoms with Gasteiger partial charge in [0.15, 0.2) is 0 Å². The van der Waals surface area contributed by atoms with Crippen molar-refractivity contribution in [2.45, 2.75) is 13.0 Å². The zero-order valence-electron chi connectivity index (χ0n) is 9.40. The molecule has 1 aromatic rings. The highest BCUT2D eigenvalue weighted by Crippen LogP contribution is 2.10. The average Bonchev–Trinajstić information content (AvgIpc) is 2.16. The molecule has 0 amide bonds. The summed E-state index contributed by atoms with van der Waals surface area (Å²) in [7, 11) is -0.784. The maximum absolute atomic E-state index is 11.0. The SMILES string of the molecule is CC(CS(C)=O)Nc1ccc(C(N)=S)cc1. The number of hydrogen-bond acceptors (Lipinski definition) is 3. The molecule has 1 rings (SSSR count). The van der Waals surface area contributed by atoms with Crippen molar-refractivity contribution in [3.63, 3.8) is 0 Å². The number of thiocarbonyl (C=S) groups is 1. The van der Waals surface area contributed by atoms with Gasteiger partial charge in [0, 0.05) is 40.1 Å². The minimum atomic E-state index is -0.784. The molecule has 0 heterocycles. The van der Waals surface area contributed by atoms with E-state index in [2.05, 4.69) is 5.32 Å². The molecule has 2 atom stereocenters. The Morgan fingerprint density at radius 3 is 2.50 bits per heavy atom. The van der Waals surface area contributed by atoms with Gasteiger partial charge in [0.1, 0.15) is 4.99 Å². The molecular formula is C11H16N2OS2. The second-order valence-electron chi connectivity index (χ2n) is 3.73. The third-order valence-electron chi connectivity index (χ3n) is 2.07. The number of rotatable bonds is 5. The quantitative estimate of drug-likeness (QED) is 0.784. The summed E-state index contributed by atoms with van der Waals surface area (Å²) in [6.45, 7) is 2.00. The van der Waals surface area contributed by atoms with Gasteiger partial charge in [-0.25, -0.2) is 0 Å². The van der Waals surface area contributed by atoms with Gasteiger partial charge in [-0.2, -0.15) is 0 Å². The molecular weight excluding hydrogens is 240 g/mol. The summed E-state index contributed by atoms with van der Waals surface area (Å²) in [5.74, 6) is 0.636. The van der Waals surface area contributed by atoms with Gasteiger partial charge in [-0.3, -0.25) is 4.21 Å². The average molecular weight is 256 g/mol. The lowest BCUT2D eigenvalue weighted by atomic mass is 10.2. The van der Waals surface area contributed by atoms with E-state index in [1.807, 2.05) is 31.2 Å². The van der Waals surface area contributed by atoms with Gasteiger partial charge in [-0.1, -0.05) is 12.2 Å². The Hall–Kier alpha value is -0.940. The van der Waals surface area contributed by atoms with Crippen LogP contribution in [0.4, 0.5) is 5.69 Å². The first-order valence-corrected chi connectivity index (χ1v) is 7.09. The van der Waals surface area contributed by atoms with Crippen LogP contribution in [0.15, 0.2) is 24.3 Å². The molecule has 2 unspecified atom stereocenters. The zero-order chi connectivity index (χ0) is 12.1. The molecule has 0 aliphatic carbocycles. The highest BCUT2D eigenvalue weighted by atomic mass is 32.2. The van der Waals surface area contributed by atoms with E-state index in [1.54, 1.807) is 6.26 Å². The lowest BCUT2D eigenvalue weighted by molar-refractivity contribution is 0.683. The van der Waals surface area contributed by atoms with Crippen molar-refractivity contribution in [2.75, 3.05) is 17.3 Å². The molecule has 0 saturated heterocycles. The predicted molar refractivity (Wildman–Crippen MR) is 74.3 cm³/mol. The lowest BCUT2D eigenvalue weighted by Crippen LogP contribution is -2.22. The van der Waals surface area contributed by atoms with Gasteiger partial charge >= 0.3 is 0 Å². The molecule has 0 fully saturated rings. The first-order valence-electron chi connectivity index (χ1n) is 4.95. The Bertz CT molecular complexity index is 389. The molecule has 3 N–H and O–H groups in total. The summed E-state index contributed by atoms with van der Waals surface area (Å²) in [5.41, 5.74) is 7.34. The molecule has 16 heavy (non-hydrogen) atoms. The smallest absolute Gasteiger partial charge is 0.103 e. The van der Waals surface area contributed by atoms with Crippen molar-refractivity contribution in [3.05, 3.63) is 29.8 Å². The summed E-state index contributed by atoms with van der Waals surface area (Å²) in [5, 5.41) is 3.26. The molecule has 88 valence electrons. The topological polar surface area (TPSA) is 55.1 Å². The van der Waals surface area contributed by atoms with Crippen LogP contribution in [0.1, 0.15) is 12.5 Å². The highest BCUT2D eigenvalue weighted by Gasteiger charge is 2.04. The molecule has 0 bridgehead atoms. The summed E-state index contributed by atoms with van der Waals surface area (Å²) < 4.78 is 11.0. The first-order chi connectivity index (χ1) is 7.49. The molecule has 0 spiro atoms. The Morgan fingerprint density at radius 2 is 2.06 bits per heavy atom. The maximum atomic E-state index is 11.0. The highest BCUT2D eigenvalue weighted by molar-refractivity contribution is 7.84. The van der Waals surface area contributed by atoms with E-state index >= 15 is 0 Å². The van der Waals surface area contributed by atoms with Crippen molar-refractivity contribution in [2.24, 2.45) is 5.73 Å². The molecule has 0 radical (unpaired) electrons. The fourth-order valence-electron chi connectivity index (χ4n) is 1.41. The van der Waals surface area contributed by atoms with Gasteiger partial charge in [0.05, 0.1) is 0 Å². The monoisotopic (exact) mass is 256 g/mol. The van der Waals surface area contributed by atoms with Crippen LogP contribution in [-0.2, 0) is 10.8 Å². The zero-order valence-corrected chi connectivity index (χ0v) is 11.0. The van der Waals surface area contributed by atoms with Gasteiger partial charge in [0.25, 0.3) is 0 Å². The van der Waals surface area contributed by atoms with Gasteiger partial charge < -0.3 is 11.1 Å². The van der Waals surface area contributed by atoms with Gasteiger partial charge in [0.2, 0.25) is 0 Å². The standard InChI is InChI=1S/C11H16N2OS2/c1-8(7-16(2)14)13-10-5-3-9(4-6-10)11(12)15/h3-6,8,13H,7H2,1-2H3,(H2,12,15).